The molecular formula is C36H32Br2N6O6. The van der Waals surface area contributed by atoms with E-state index in [1.54, 1.807) is 117 Å². The predicted octanol–water partition coefficient (Wildman–Crippen LogP) is -4.54. The summed E-state index contributed by atoms with van der Waals surface area (Å²) in [5.41, 5.74) is 2.56. The van der Waals surface area contributed by atoms with Crippen LogP contribution in [-0.2, 0) is 13.1 Å². The Balaban J connectivity index is 0.00000243. The molecule has 6 amide bonds. The zero-order chi connectivity index (χ0) is 33.4. The average Bonchev–Trinajstić information content (AvgIpc) is 3.52. The summed E-state index contributed by atoms with van der Waals surface area (Å²) in [6, 6.07) is 20.5. The normalized spacial score (nSPS) is 15.0. The Bertz CT molecular complexity index is 1800. The molecule has 0 aliphatic carbocycles. The third kappa shape index (κ3) is 6.85. The lowest BCUT2D eigenvalue weighted by molar-refractivity contribution is -0.696. The highest BCUT2D eigenvalue weighted by atomic mass is 79.9. The van der Waals surface area contributed by atoms with Gasteiger partial charge in [0.2, 0.25) is 0 Å². The van der Waals surface area contributed by atoms with E-state index in [1.807, 2.05) is 0 Å². The molecule has 256 valence electrons. The molecule has 0 atom stereocenters. The predicted molar refractivity (Wildman–Crippen MR) is 169 cm³/mol. The van der Waals surface area contributed by atoms with Gasteiger partial charge >= 0.3 is 0 Å². The van der Waals surface area contributed by atoms with Gasteiger partial charge in [0, 0.05) is 38.3 Å². The van der Waals surface area contributed by atoms with Gasteiger partial charge in [0.25, 0.3) is 35.4 Å². The minimum absolute atomic E-state index is 0. The van der Waals surface area contributed by atoms with E-state index in [4.69, 9.17) is 0 Å². The Hall–Kier alpha value is -5.08. The van der Waals surface area contributed by atoms with Crippen LogP contribution in [0.2, 0.25) is 0 Å². The quantitative estimate of drug-likeness (QED) is 0.131. The number of piperazine rings is 1. The molecule has 0 bridgehead atoms. The second kappa shape index (κ2) is 15.2. The lowest BCUT2D eigenvalue weighted by Crippen LogP contribution is -3.00. The van der Waals surface area contributed by atoms with Crippen molar-refractivity contribution in [2.75, 3.05) is 39.3 Å². The van der Waals surface area contributed by atoms with Crippen molar-refractivity contribution >= 4 is 35.4 Å². The molecule has 4 aromatic rings. The highest BCUT2D eigenvalue weighted by Crippen LogP contribution is 2.23. The van der Waals surface area contributed by atoms with Crippen LogP contribution in [0.1, 0.15) is 62.1 Å². The summed E-state index contributed by atoms with van der Waals surface area (Å²) in [7, 11) is 0. The van der Waals surface area contributed by atoms with Crippen LogP contribution in [-0.4, -0.2) is 94.3 Å². The fourth-order valence-corrected chi connectivity index (χ4v) is 6.37. The molecule has 7 rings (SSSR count). The first-order valence-corrected chi connectivity index (χ1v) is 15.8. The van der Waals surface area contributed by atoms with E-state index >= 15 is 0 Å². The van der Waals surface area contributed by atoms with Crippen LogP contribution in [0.25, 0.3) is 0 Å². The van der Waals surface area contributed by atoms with Crippen LogP contribution < -0.4 is 43.1 Å². The maximum atomic E-state index is 13.4. The highest BCUT2D eigenvalue weighted by molar-refractivity contribution is 6.22. The molecular weight excluding hydrogens is 772 g/mol. The topological polar surface area (TPSA) is 123 Å². The minimum Gasteiger partial charge on any atom is -1.00 e. The Morgan fingerprint density at radius 3 is 1.14 bits per heavy atom. The Kier molecular flexibility index (Phi) is 11.0. The number of hydrogen-bond donors (Lipinski definition) is 0. The molecule has 2 aromatic heterocycles. The number of amides is 6. The summed E-state index contributed by atoms with van der Waals surface area (Å²) in [5.74, 6) is -1.60. The number of hydrogen-bond acceptors (Lipinski definition) is 6. The summed E-state index contributed by atoms with van der Waals surface area (Å²) in [6.45, 7) is 2.48. The number of benzene rings is 2. The fraction of sp³-hybridized carbons (Fsp3) is 0.222. The Labute approximate surface area is 309 Å². The number of pyridine rings is 2. The van der Waals surface area contributed by atoms with Gasteiger partial charge in [0.1, 0.15) is 11.1 Å². The molecule has 50 heavy (non-hydrogen) atoms. The summed E-state index contributed by atoms with van der Waals surface area (Å²) < 4.78 is 3.57. The number of carbonyl (C=O) groups excluding carboxylic acids is 6. The molecule has 14 heteroatoms. The van der Waals surface area contributed by atoms with Crippen LogP contribution in [0.3, 0.4) is 0 Å². The maximum absolute atomic E-state index is 13.4. The van der Waals surface area contributed by atoms with Crippen molar-refractivity contribution in [1.82, 2.24) is 19.6 Å². The molecule has 1 fully saturated rings. The van der Waals surface area contributed by atoms with Crippen LogP contribution in [0, 0.1) is 0 Å². The van der Waals surface area contributed by atoms with Gasteiger partial charge in [-0.3, -0.25) is 38.6 Å². The molecule has 0 N–H and O–H groups in total. The molecule has 0 saturated carbocycles. The average molecular weight is 804 g/mol. The van der Waals surface area contributed by atoms with E-state index in [-0.39, 0.29) is 82.5 Å². The molecule has 2 aromatic carbocycles. The van der Waals surface area contributed by atoms with Crippen molar-refractivity contribution in [2.24, 2.45) is 0 Å². The number of imide groups is 2. The van der Waals surface area contributed by atoms with Crippen molar-refractivity contribution < 1.29 is 71.9 Å². The van der Waals surface area contributed by atoms with E-state index < -0.39 is 0 Å². The summed E-state index contributed by atoms with van der Waals surface area (Å²) in [4.78, 5) is 83.5. The van der Waals surface area contributed by atoms with Gasteiger partial charge in [-0.1, -0.05) is 24.3 Å². The number of carbonyl (C=O) groups is 6. The Morgan fingerprint density at radius 1 is 0.500 bits per heavy atom. The monoisotopic (exact) mass is 802 g/mol. The molecule has 0 radical (unpaired) electrons. The third-order valence-corrected chi connectivity index (χ3v) is 8.98. The minimum atomic E-state index is -0.317. The van der Waals surface area contributed by atoms with Gasteiger partial charge < -0.3 is 43.8 Å². The molecule has 3 aliphatic heterocycles. The summed E-state index contributed by atoms with van der Waals surface area (Å²) in [5, 5.41) is 0. The van der Waals surface area contributed by atoms with Crippen molar-refractivity contribution in [3.8, 4) is 0 Å². The van der Waals surface area contributed by atoms with Crippen LogP contribution in [0.5, 0.6) is 0 Å². The molecule has 3 aliphatic rings. The van der Waals surface area contributed by atoms with Crippen molar-refractivity contribution in [1.29, 1.82) is 0 Å². The first-order chi connectivity index (χ1) is 23.3. The number of halogens is 2. The number of rotatable bonds is 8. The van der Waals surface area contributed by atoms with Gasteiger partial charge in [0.05, 0.1) is 35.3 Å². The lowest BCUT2D eigenvalue weighted by atomic mass is 10.1. The molecule has 0 unspecified atom stereocenters. The first kappa shape index (κ1) is 36.2. The van der Waals surface area contributed by atoms with Gasteiger partial charge in [-0.25, -0.2) is 9.13 Å². The van der Waals surface area contributed by atoms with Crippen LogP contribution >= 0.6 is 0 Å². The fourth-order valence-electron chi connectivity index (χ4n) is 6.37. The smallest absolute Gasteiger partial charge is 0.261 e. The molecule has 12 nitrogen and oxygen atoms in total. The number of fused-ring (bicyclic) bond motifs is 2. The third-order valence-electron chi connectivity index (χ3n) is 8.98. The Morgan fingerprint density at radius 2 is 0.820 bits per heavy atom. The zero-order valence-electron chi connectivity index (χ0n) is 26.8. The number of nitrogens with zero attached hydrogens (tertiary/aromatic N) is 6. The van der Waals surface area contributed by atoms with E-state index in [9.17, 15) is 28.8 Å². The maximum Gasteiger partial charge on any atom is 0.261 e. The van der Waals surface area contributed by atoms with Gasteiger partial charge in [-0.05, 0) is 36.4 Å². The van der Waals surface area contributed by atoms with Crippen LogP contribution in [0.15, 0.2) is 97.6 Å². The van der Waals surface area contributed by atoms with Gasteiger partial charge in [-0.15, -0.1) is 0 Å². The van der Waals surface area contributed by atoms with E-state index in [0.717, 1.165) is 0 Å². The molecule has 1 saturated heterocycles. The van der Waals surface area contributed by atoms with Gasteiger partial charge in [0.15, 0.2) is 37.9 Å². The number of aromatic nitrogens is 2. The lowest BCUT2D eigenvalue weighted by Gasteiger charge is -2.34. The molecule has 0 spiro atoms. The summed E-state index contributed by atoms with van der Waals surface area (Å²) >= 11 is 0. The van der Waals surface area contributed by atoms with E-state index in [0.29, 0.717) is 72.6 Å². The standard InChI is InChI=1S/C36H32N6O6.2BrH/c43-31(25-7-5-13-37(23-25)15-21-41-33(45)27-9-1-2-10-28(27)34(41)46)39-17-19-40(20-18-39)32(44)26-8-6-14-38(24-26)16-22-42-35(47)29-11-3-4-12-30(29)36(42)48;;/h1-14,23-24H,15-22H2;2*1H/q+2;;/p-2. The first-order valence-electron chi connectivity index (χ1n) is 15.8. The van der Waals surface area contributed by atoms with Crippen molar-refractivity contribution in [3.63, 3.8) is 0 Å². The molecule has 5 heterocycles. The largest absolute Gasteiger partial charge is 1.00 e. The second-order valence-electron chi connectivity index (χ2n) is 11.9. The SMILES string of the molecule is O=C(c1ccc[n+](CCN2C(=O)c3ccccc3C2=O)c1)N1CCN(C(=O)c2ccc[n+](CCN3C(=O)c4ccccc4C3=O)c2)CC1.[Br-].[Br-]. The van der Waals surface area contributed by atoms with Crippen molar-refractivity contribution in [2.45, 2.75) is 13.1 Å². The summed E-state index contributed by atoms with van der Waals surface area (Å²) in [6.07, 6.45) is 7.00. The highest BCUT2D eigenvalue weighted by Gasteiger charge is 2.37. The second-order valence-corrected chi connectivity index (χ2v) is 11.9. The van der Waals surface area contributed by atoms with Crippen LogP contribution in [0.4, 0.5) is 0 Å². The van der Waals surface area contributed by atoms with Crippen molar-refractivity contribution in [3.05, 3.63) is 131 Å². The van der Waals surface area contributed by atoms with E-state index in [2.05, 4.69) is 0 Å². The zero-order valence-corrected chi connectivity index (χ0v) is 30.0. The van der Waals surface area contributed by atoms with E-state index in [1.165, 1.54) is 9.80 Å². The van der Waals surface area contributed by atoms with Gasteiger partial charge in [-0.2, -0.15) is 0 Å².